The van der Waals surface area contributed by atoms with Gasteiger partial charge >= 0.3 is 0 Å². The van der Waals surface area contributed by atoms with E-state index in [9.17, 15) is 0 Å². The van der Waals surface area contributed by atoms with Gasteiger partial charge < -0.3 is 4.43 Å². The van der Waals surface area contributed by atoms with Crippen molar-refractivity contribution in [3.63, 3.8) is 0 Å². The van der Waals surface area contributed by atoms with Crippen LogP contribution in [0.25, 0.3) is 0 Å². The molecule has 2 rings (SSSR count). The first kappa shape index (κ1) is 14.4. The van der Waals surface area contributed by atoms with Crippen LogP contribution in [0.1, 0.15) is 11.3 Å². The lowest BCUT2D eigenvalue weighted by Crippen LogP contribution is -2.29. The van der Waals surface area contributed by atoms with Gasteiger partial charge in [-0.15, -0.1) is 0 Å². The number of benzene rings is 1. The van der Waals surface area contributed by atoms with Crippen molar-refractivity contribution in [3.8, 4) is 5.75 Å². The Morgan fingerprint density at radius 3 is 2.70 bits per heavy atom. The average Bonchev–Trinajstić information content (AvgIpc) is 2.40. The summed E-state index contributed by atoms with van der Waals surface area (Å²) in [6, 6.07) is 9.88. The smallest absolute Gasteiger partial charge is 0.242 e. The zero-order chi connectivity index (χ0) is 14.4. The van der Waals surface area contributed by atoms with Crippen molar-refractivity contribution in [3.05, 3.63) is 54.1 Å². The summed E-state index contributed by atoms with van der Waals surface area (Å²) in [5, 5.41) is 0. The second-order valence-corrected chi connectivity index (χ2v) is 9.86. The molecule has 0 N–H and O–H groups in total. The maximum atomic E-state index is 6.07. The lowest BCUT2D eigenvalue weighted by molar-refractivity contribution is 0.549. The zero-order valence-electron chi connectivity index (χ0n) is 12.1. The highest BCUT2D eigenvalue weighted by Gasteiger charge is 2.17. The summed E-state index contributed by atoms with van der Waals surface area (Å²) in [6.45, 7) is 7.11. The predicted molar refractivity (Wildman–Crippen MR) is 83.7 cm³/mol. The molecular formula is C15H19N3OSi. The molecule has 0 aliphatic carbocycles. The van der Waals surface area contributed by atoms with Gasteiger partial charge in [0, 0.05) is 18.0 Å². The molecule has 0 fully saturated rings. The highest BCUT2D eigenvalue weighted by molar-refractivity contribution is 6.70. The van der Waals surface area contributed by atoms with E-state index in [1.165, 1.54) is 6.33 Å². The van der Waals surface area contributed by atoms with Gasteiger partial charge in [0.15, 0.2) is 0 Å². The number of para-hydroxylation sites is 1. The first-order chi connectivity index (χ1) is 9.54. The van der Waals surface area contributed by atoms with Crippen LogP contribution < -0.4 is 4.43 Å². The standard InChI is InChI=1S/C15H19N3OSi/c1-20(2,3)19-15-7-5-4-6-13(15)10-17-11-14-8-9-16-12-18-14/h4-9,11-12H,10H2,1-3H3. The molecule has 0 atom stereocenters. The van der Waals surface area contributed by atoms with E-state index in [4.69, 9.17) is 4.43 Å². The second-order valence-electron chi connectivity index (χ2n) is 5.43. The fourth-order valence-electron chi connectivity index (χ4n) is 1.68. The van der Waals surface area contributed by atoms with Crippen LogP contribution in [0.15, 0.2) is 47.8 Å². The van der Waals surface area contributed by atoms with Gasteiger partial charge in [-0.3, -0.25) is 4.99 Å². The third kappa shape index (κ3) is 4.58. The van der Waals surface area contributed by atoms with Gasteiger partial charge in [0.25, 0.3) is 0 Å². The Morgan fingerprint density at radius 1 is 1.20 bits per heavy atom. The molecule has 0 radical (unpaired) electrons. The highest BCUT2D eigenvalue weighted by atomic mass is 28.4. The van der Waals surface area contributed by atoms with Gasteiger partial charge in [-0.2, -0.15) is 0 Å². The molecule has 0 saturated heterocycles. The van der Waals surface area contributed by atoms with Crippen LogP contribution in [0.2, 0.25) is 19.6 Å². The Hall–Kier alpha value is -2.01. The van der Waals surface area contributed by atoms with Crippen molar-refractivity contribution in [2.45, 2.75) is 26.2 Å². The summed E-state index contributed by atoms with van der Waals surface area (Å²) in [5.41, 5.74) is 1.91. The number of rotatable bonds is 5. The summed E-state index contributed by atoms with van der Waals surface area (Å²) < 4.78 is 6.07. The number of nitrogens with zero attached hydrogens (tertiary/aromatic N) is 3. The third-order valence-electron chi connectivity index (χ3n) is 2.48. The molecule has 0 amide bonds. The van der Waals surface area contributed by atoms with Gasteiger partial charge in [0.05, 0.1) is 12.2 Å². The van der Waals surface area contributed by atoms with Crippen LogP contribution in [-0.2, 0) is 6.54 Å². The molecule has 1 aromatic heterocycles. The van der Waals surface area contributed by atoms with Crippen molar-refractivity contribution in [1.29, 1.82) is 0 Å². The normalized spacial score (nSPS) is 11.8. The summed E-state index contributed by atoms with van der Waals surface area (Å²) in [5.74, 6) is 0.937. The van der Waals surface area contributed by atoms with E-state index in [0.29, 0.717) is 6.54 Å². The maximum Gasteiger partial charge on any atom is 0.242 e. The lowest BCUT2D eigenvalue weighted by Gasteiger charge is -2.21. The van der Waals surface area contributed by atoms with Crippen LogP contribution in [0, 0.1) is 0 Å². The molecule has 0 spiro atoms. The summed E-state index contributed by atoms with van der Waals surface area (Å²) >= 11 is 0. The van der Waals surface area contributed by atoms with E-state index in [1.54, 1.807) is 12.4 Å². The largest absolute Gasteiger partial charge is 0.544 e. The predicted octanol–water partition coefficient (Wildman–Crippen LogP) is 3.31. The minimum Gasteiger partial charge on any atom is -0.544 e. The zero-order valence-corrected chi connectivity index (χ0v) is 13.1. The lowest BCUT2D eigenvalue weighted by atomic mass is 10.2. The van der Waals surface area contributed by atoms with E-state index in [0.717, 1.165) is 17.0 Å². The molecule has 1 heterocycles. The van der Waals surface area contributed by atoms with E-state index >= 15 is 0 Å². The minimum atomic E-state index is -1.61. The molecule has 0 bridgehead atoms. The number of hydrogen-bond acceptors (Lipinski definition) is 4. The number of aromatic nitrogens is 2. The van der Waals surface area contributed by atoms with Crippen molar-refractivity contribution >= 4 is 14.5 Å². The Bertz CT molecular complexity index is 579. The molecule has 0 aliphatic heterocycles. The molecule has 2 aromatic rings. The van der Waals surface area contributed by atoms with Crippen molar-refractivity contribution < 1.29 is 4.43 Å². The Balaban J connectivity index is 2.08. The first-order valence-corrected chi connectivity index (χ1v) is 9.98. The van der Waals surface area contributed by atoms with Crippen LogP contribution >= 0.6 is 0 Å². The molecular weight excluding hydrogens is 266 g/mol. The molecule has 5 heteroatoms. The highest BCUT2D eigenvalue weighted by Crippen LogP contribution is 2.22. The van der Waals surface area contributed by atoms with Gasteiger partial charge in [0.2, 0.25) is 8.32 Å². The van der Waals surface area contributed by atoms with E-state index in [2.05, 4.69) is 34.6 Å². The second kappa shape index (κ2) is 6.43. The van der Waals surface area contributed by atoms with Gasteiger partial charge in [0.1, 0.15) is 12.1 Å². The summed E-state index contributed by atoms with van der Waals surface area (Å²) in [6.07, 6.45) is 4.98. The van der Waals surface area contributed by atoms with Crippen molar-refractivity contribution in [2.24, 2.45) is 4.99 Å². The topological polar surface area (TPSA) is 47.4 Å². The SMILES string of the molecule is C[Si](C)(C)Oc1ccccc1CN=Cc1ccncn1. The summed E-state index contributed by atoms with van der Waals surface area (Å²) in [7, 11) is -1.61. The molecule has 0 unspecified atom stereocenters. The van der Waals surface area contributed by atoms with E-state index < -0.39 is 8.32 Å². The Morgan fingerprint density at radius 2 is 2.00 bits per heavy atom. The minimum absolute atomic E-state index is 0.588. The van der Waals surface area contributed by atoms with Crippen LogP contribution in [0.4, 0.5) is 0 Å². The fourth-order valence-corrected chi connectivity index (χ4v) is 2.54. The van der Waals surface area contributed by atoms with Crippen LogP contribution in [0.5, 0.6) is 5.75 Å². The Labute approximate surface area is 120 Å². The summed E-state index contributed by atoms with van der Waals surface area (Å²) in [4.78, 5) is 12.4. The number of hydrogen-bond donors (Lipinski definition) is 0. The monoisotopic (exact) mass is 285 g/mol. The van der Waals surface area contributed by atoms with Crippen molar-refractivity contribution in [2.75, 3.05) is 0 Å². The van der Waals surface area contributed by atoms with Gasteiger partial charge in [-0.25, -0.2) is 9.97 Å². The molecule has 104 valence electrons. The molecule has 0 saturated carbocycles. The molecule has 1 aromatic carbocycles. The van der Waals surface area contributed by atoms with Gasteiger partial charge in [-0.05, 0) is 31.8 Å². The first-order valence-electron chi connectivity index (χ1n) is 6.57. The van der Waals surface area contributed by atoms with Crippen LogP contribution in [0.3, 0.4) is 0 Å². The quantitative estimate of drug-likeness (QED) is 0.625. The van der Waals surface area contributed by atoms with Gasteiger partial charge in [-0.1, -0.05) is 18.2 Å². The van der Waals surface area contributed by atoms with E-state index in [-0.39, 0.29) is 0 Å². The maximum absolute atomic E-state index is 6.07. The number of aliphatic imine (C=N–C) groups is 1. The molecule has 4 nitrogen and oxygen atoms in total. The third-order valence-corrected chi connectivity index (χ3v) is 3.31. The van der Waals surface area contributed by atoms with Crippen molar-refractivity contribution in [1.82, 2.24) is 9.97 Å². The van der Waals surface area contributed by atoms with E-state index in [1.807, 2.05) is 30.3 Å². The molecule has 0 aliphatic rings. The van der Waals surface area contributed by atoms with Crippen LogP contribution in [-0.4, -0.2) is 24.5 Å². The Kier molecular flexibility index (Phi) is 4.63. The molecule has 20 heavy (non-hydrogen) atoms. The average molecular weight is 285 g/mol. The fraction of sp³-hybridized carbons (Fsp3) is 0.267.